The van der Waals surface area contributed by atoms with Crippen LogP contribution in [0.1, 0.15) is 32.6 Å². The molecular weight excluding hydrogens is 313 g/mol. The van der Waals surface area contributed by atoms with Crippen molar-refractivity contribution in [1.29, 1.82) is 0 Å². The smallest absolute Gasteiger partial charge is 0.325 e. The largest absolute Gasteiger partial charge is 0.325 e. The molecule has 1 saturated heterocycles. The fourth-order valence-electron chi connectivity index (χ4n) is 3.52. The number of imide groups is 1. The number of urea groups is 1. The number of amides is 4. The minimum Gasteiger partial charge on any atom is -0.325 e. The van der Waals surface area contributed by atoms with Crippen LogP contribution in [0.2, 0.25) is 0 Å². The van der Waals surface area contributed by atoms with Crippen LogP contribution in [0.3, 0.4) is 0 Å². The Bertz CT molecular complexity index is 676. The molecule has 2 fully saturated rings. The zero-order chi connectivity index (χ0) is 17.3. The Morgan fingerprint density at radius 2 is 2.04 bits per heavy atom. The first kappa shape index (κ1) is 16.4. The Kier molecular flexibility index (Phi) is 4.26. The highest BCUT2D eigenvalue weighted by atomic mass is 19.1. The summed E-state index contributed by atoms with van der Waals surface area (Å²) in [5.74, 6) is -1.18. The van der Waals surface area contributed by atoms with Crippen LogP contribution in [-0.2, 0) is 9.59 Å². The molecule has 1 spiro atoms. The molecule has 0 radical (unpaired) electrons. The second-order valence-electron chi connectivity index (χ2n) is 6.49. The van der Waals surface area contributed by atoms with Crippen LogP contribution >= 0.6 is 0 Å². The molecule has 1 heterocycles. The van der Waals surface area contributed by atoms with Gasteiger partial charge in [-0.3, -0.25) is 14.5 Å². The van der Waals surface area contributed by atoms with Gasteiger partial charge in [-0.05, 0) is 43.0 Å². The monoisotopic (exact) mass is 333 g/mol. The Morgan fingerprint density at radius 1 is 1.33 bits per heavy atom. The minimum atomic E-state index is -0.870. The van der Waals surface area contributed by atoms with Gasteiger partial charge in [0.15, 0.2) is 0 Å². The van der Waals surface area contributed by atoms with Crippen LogP contribution in [0, 0.1) is 11.7 Å². The number of carbonyl (C=O) groups is 3. The number of nitrogens with zero attached hydrogens (tertiary/aromatic N) is 1. The van der Waals surface area contributed by atoms with Crippen molar-refractivity contribution in [3.05, 3.63) is 30.1 Å². The van der Waals surface area contributed by atoms with E-state index in [-0.39, 0.29) is 18.4 Å². The lowest BCUT2D eigenvalue weighted by atomic mass is 9.73. The molecule has 3 rings (SSSR count). The van der Waals surface area contributed by atoms with Crippen LogP contribution in [0.4, 0.5) is 14.9 Å². The molecule has 6 nitrogen and oxygen atoms in total. The van der Waals surface area contributed by atoms with Gasteiger partial charge in [0, 0.05) is 5.69 Å². The molecule has 0 aromatic heterocycles. The first-order valence-corrected chi connectivity index (χ1v) is 8.12. The maximum Gasteiger partial charge on any atom is 0.325 e. The molecule has 1 saturated carbocycles. The highest BCUT2D eigenvalue weighted by molar-refractivity contribution is 6.10. The van der Waals surface area contributed by atoms with Crippen LogP contribution in [0.25, 0.3) is 0 Å². The van der Waals surface area contributed by atoms with Crippen molar-refractivity contribution in [1.82, 2.24) is 10.2 Å². The van der Waals surface area contributed by atoms with Gasteiger partial charge in [0.2, 0.25) is 5.91 Å². The number of anilines is 1. The van der Waals surface area contributed by atoms with E-state index in [0.29, 0.717) is 12.1 Å². The average Bonchev–Trinajstić information content (AvgIpc) is 2.78. The number of rotatable bonds is 3. The van der Waals surface area contributed by atoms with Gasteiger partial charge in [-0.2, -0.15) is 0 Å². The van der Waals surface area contributed by atoms with E-state index in [1.54, 1.807) is 0 Å². The third kappa shape index (κ3) is 2.86. The summed E-state index contributed by atoms with van der Waals surface area (Å²) in [6.07, 6.45) is 3.40. The number of nitrogens with one attached hydrogen (secondary N) is 2. The molecule has 2 atom stereocenters. The summed E-state index contributed by atoms with van der Waals surface area (Å²) in [7, 11) is 0. The lowest BCUT2D eigenvalue weighted by Gasteiger charge is -2.36. The summed E-state index contributed by atoms with van der Waals surface area (Å²) in [6, 6.07) is 4.76. The first-order valence-electron chi connectivity index (χ1n) is 8.12. The van der Waals surface area contributed by atoms with Gasteiger partial charge in [-0.25, -0.2) is 9.18 Å². The SMILES string of the molecule is C[C@H]1CCCC[C@]12NC(=O)N(CC(=O)Nc1ccc(F)cc1)C2=O. The second-order valence-corrected chi connectivity index (χ2v) is 6.49. The highest BCUT2D eigenvalue weighted by Crippen LogP contribution is 2.38. The van der Waals surface area contributed by atoms with E-state index in [4.69, 9.17) is 0 Å². The van der Waals surface area contributed by atoms with Crippen molar-refractivity contribution in [3.63, 3.8) is 0 Å². The number of hydrogen-bond donors (Lipinski definition) is 2. The van der Waals surface area contributed by atoms with Crippen LogP contribution in [0.5, 0.6) is 0 Å². The maximum absolute atomic E-state index is 12.9. The summed E-state index contributed by atoms with van der Waals surface area (Å²) in [4.78, 5) is 38.0. The molecule has 2 aliphatic rings. The van der Waals surface area contributed by atoms with E-state index in [2.05, 4.69) is 10.6 Å². The predicted molar refractivity (Wildman–Crippen MR) is 85.6 cm³/mol. The fraction of sp³-hybridized carbons (Fsp3) is 0.471. The Morgan fingerprint density at radius 3 is 2.71 bits per heavy atom. The quantitative estimate of drug-likeness (QED) is 0.833. The summed E-state index contributed by atoms with van der Waals surface area (Å²) in [5, 5.41) is 5.36. The molecule has 24 heavy (non-hydrogen) atoms. The van der Waals surface area contributed by atoms with Gasteiger partial charge in [-0.1, -0.05) is 19.8 Å². The molecule has 2 N–H and O–H groups in total. The Balaban J connectivity index is 1.68. The standard InChI is InChI=1S/C17H20FN3O3/c1-11-4-2-3-9-17(11)15(23)21(16(24)20-17)10-14(22)19-13-7-5-12(18)6-8-13/h5-8,11H,2-4,9-10H2,1H3,(H,19,22)(H,20,24)/t11-,17-/m0/s1. The Labute approximate surface area is 139 Å². The van der Waals surface area contributed by atoms with E-state index in [0.717, 1.165) is 24.2 Å². The molecule has 0 unspecified atom stereocenters. The normalized spacial score (nSPS) is 26.6. The van der Waals surface area contributed by atoms with Crippen LogP contribution in [-0.4, -0.2) is 34.8 Å². The molecule has 1 aliphatic carbocycles. The van der Waals surface area contributed by atoms with E-state index in [1.807, 2.05) is 6.92 Å². The molecule has 1 aliphatic heterocycles. The molecule has 128 valence electrons. The minimum absolute atomic E-state index is 0.0489. The number of benzene rings is 1. The average molecular weight is 333 g/mol. The molecule has 1 aromatic carbocycles. The molecule has 7 heteroatoms. The van der Waals surface area contributed by atoms with E-state index in [9.17, 15) is 18.8 Å². The molecule has 0 bridgehead atoms. The van der Waals surface area contributed by atoms with Gasteiger partial charge in [0.1, 0.15) is 17.9 Å². The van der Waals surface area contributed by atoms with E-state index >= 15 is 0 Å². The molecular formula is C17H20FN3O3. The first-order chi connectivity index (χ1) is 11.4. The molecule has 4 amide bonds. The zero-order valence-electron chi connectivity index (χ0n) is 13.5. The number of halogens is 1. The predicted octanol–water partition coefficient (Wildman–Crippen LogP) is 2.26. The van der Waals surface area contributed by atoms with Crippen molar-refractivity contribution in [2.75, 3.05) is 11.9 Å². The third-order valence-corrected chi connectivity index (χ3v) is 4.93. The lowest BCUT2D eigenvalue weighted by molar-refractivity contribution is -0.136. The Hall–Kier alpha value is -2.44. The van der Waals surface area contributed by atoms with Crippen molar-refractivity contribution >= 4 is 23.5 Å². The summed E-state index contributed by atoms with van der Waals surface area (Å²) >= 11 is 0. The summed E-state index contributed by atoms with van der Waals surface area (Å²) in [5.41, 5.74) is -0.458. The van der Waals surface area contributed by atoms with Gasteiger partial charge < -0.3 is 10.6 Å². The molecule has 1 aromatic rings. The van der Waals surface area contributed by atoms with Crippen LogP contribution < -0.4 is 10.6 Å². The third-order valence-electron chi connectivity index (χ3n) is 4.93. The van der Waals surface area contributed by atoms with Gasteiger partial charge in [0.25, 0.3) is 5.91 Å². The second kappa shape index (κ2) is 6.22. The van der Waals surface area contributed by atoms with Crippen molar-refractivity contribution in [2.45, 2.75) is 38.1 Å². The van der Waals surface area contributed by atoms with Crippen molar-refractivity contribution in [3.8, 4) is 0 Å². The number of hydrogen-bond acceptors (Lipinski definition) is 3. The highest BCUT2D eigenvalue weighted by Gasteiger charge is 2.55. The fourth-order valence-corrected chi connectivity index (χ4v) is 3.52. The van der Waals surface area contributed by atoms with Crippen LogP contribution in [0.15, 0.2) is 24.3 Å². The number of carbonyl (C=O) groups excluding carboxylic acids is 3. The maximum atomic E-state index is 12.9. The lowest BCUT2D eigenvalue weighted by Crippen LogP contribution is -2.54. The summed E-state index contributed by atoms with van der Waals surface area (Å²) in [6.45, 7) is 1.61. The van der Waals surface area contributed by atoms with Gasteiger partial charge >= 0.3 is 6.03 Å². The van der Waals surface area contributed by atoms with Gasteiger partial charge in [-0.15, -0.1) is 0 Å². The van der Waals surface area contributed by atoms with Crippen molar-refractivity contribution < 1.29 is 18.8 Å². The topological polar surface area (TPSA) is 78.5 Å². The van der Waals surface area contributed by atoms with Gasteiger partial charge in [0.05, 0.1) is 0 Å². The van der Waals surface area contributed by atoms with E-state index < -0.39 is 23.3 Å². The van der Waals surface area contributed by atoms with E-state index in [1.165, 1.54) is 24.3 Å². The summed E-state index contributed by atoms with van der Waals surface area (Å²) < 4.78 is 12.9. The van der Waals surface area contributed by atoms with Crippen molar-refractivity contribution in [2.24, 2.45) is 5.92 Å². The zero-order valence-corrected chi connectivity index (χ0v) is 13.5.